The molecule has 1 aromatic carbocycles. The van der Waals surface area contributed by atoms with Crippen LogP contribution in [0.5, 0.6) is 0 Å². The van der Waals surface area contributed by atoms with Crippen molar-refractivity contribution in [2.45, 2.75) is 19.9 Å². The maximum absolute atomic E-state index is 13.3. The van der Waals surface area contributed by atoms with Gasteiger partial charge in [0.05, 0.1) is 6.04 Å². The molecule has 1 N–H and O–H groups in total. The molecule has 2 nitrogen and oxygen atoms in total. The Morgan fingerprint density at radius 3 is 2.33 bits per heavy atom. The quantitative estimate of drug-likeness (QED) is 0.898. The lowest BCUT2D eigenvalue weighted by molar-refractivity contribution is 0.433. The predicted octanol–water partition coefficient (Wildman–Crippen LogP) is 3.57. The third-order valence-corrected chi connectivity index (χ3v) is 2.67. The molecule has 1 unspecified atom stereocenters. The molecule has 0 bridgehead atoms. The van der Waals surface area contributed by atoms with Crippen LogP contribution < -0.4 is 5.32 Å². The highest BCUT2D eigenvalue weighted by Gasteiger charge is 2.18. The number of halogens is 2. The van der Waals surface area contributed by atoms with Crippen LogP contribution >= 0.6 is 0 Å². The van der Waals surface area contributed by atoms with Crippen LogP contribution in [0.1, 0.15) is 30.0 Å². The molecule has 0 fully saturated rings. The van der Waals surface area contributed by atoms with Gasteiger partial charge in [0, 0.05) is 6.07 Å². The smallest absolute Gasteiger partial charge is 0.126 e. The van der Waals surface area contributed by atoms with E-state index in [1.54, 1.807) is 0 Å². The van der Waals surface area contributed by atoms with Crippen LogP contribution in [0.4, 0.5) is 8.78 Å². The lowest BCUT2D eigenvalue weighted by atomic mass is 10.0. The van der Waals surface area contributed by atoms with Crippen LogP contribution in [0.3, 0.4) is 0 Å². The number of hydrogen-bond acceptors (Lipinski definition) is 2. The van der Waals surface area contributed by atoms with Crippen molar-refractivity contribution in [3.05, 3.63) is 59.1 Å². The van der Waals surface area contributed by atoms with Crippen LogP contribution in [-0.2, 0) is 0 Å². The van der Waals surface area contributed by atoms with Gasteiger partial charge in [-0.1, -0.05) is 6.92 Å². The van der Waals surface area contributed by atoms with Crippen LogP contribution in [0.15, 0.2) is 34.7 Å². The number of rotatable bonds is 4. The van der Waals surface area contributed by atoms with E-state index in [0.717, 1.165) is 11.8 Å². The summed E-state index contributed by atoms with van der Waals surface area (Å²) < 4.78 is 32.0. The van der Waals surface area contributed by atoms with Crippen molar-refractivity contribution in [3.8, 4) is 0 Å². The van der Waals surface area contributed by atoms with Crippen molar-refractivity contribution in [1.29, 1.82) is 0 Å². The Bertz CT molecular complexity index is 516. The molecule has 0 aliphatic rings. The molecule has 2 aromatic rings. The van der Waals surface area contributed by atoms with Crippen LogP contribution in [0, 0.1) is 18.6 Å². The Morgan fingerprint density at radius 1 is 1.17 bits per heavy atom. The first-order valence-electron chi connectivity index (χ1n) is 5.86. The molecular weight excluding hydrogens is 236 g/mol. The van der Waals surface area contributed by atoms with Gasteiger partial charge < -0.3 is 9.73 Å². The summed E-state index contributed by atoms with van der Waals surface area (Å²) in [5.74, 6) is 0.247. The van der Waals surface area contributed by atoms with Gasteiger partial charge in [0.25, 0.3) is 0 Å². The van der Waals surface area contributed by atoms with Gasteiger partial charge in [-0.15, -0.1) is 0 Å². The first kappa shape index (κ1) is 12.8. The van der Waals surface area contributed by atoms with Gasteiger partial charge in [-0.2, -0.15) is 0 Å². The van der Waals surface area contributed by atoms with Gasteiger partial charge in [-0.05, 0) is 43.3 Å². The van der Waals surface area contributed by atoms with Crippen molar-refractivity contribution >= 4 is 0 Å². The second-order valence-corrected chi connectivity index (χ2v) is 4.14. The highest BCUT2D eigenvalue weighted by Crippen LogP contribution is 2.25. The zero-order valence-corrected chi connectivity index (χ0v) is 10.3. The summed E-state index contributed by atoms with van der Waals surface area (Å²) in [4.78, 5) is 0. The second-order valence-electron chi connectivity index (χ2n) is 4.14. The molecule has 96 valence electrons. The van der Waals surface area contributed by atoms with Gasteiger partial charge in [0.2, 0.25) is 0 Å². The number of aryl methyl sites for hydroxylation is 1. The third kappa shape index (κ3) is 2.76. The van der Waals surface area contributed by atoms with Gasteiger partial charge >= 0.3 is 0 Å². The maximum Gasteiger partial charge on any atom is 0.126 e. The number of nitrogens with one attached hydrogen (secondary N) is 1. The molecule has 1 atom stereocenters. The fourth-order valence-corrected chi connectivity index (χ4v) is 1.94. The van der Waals surface area contributed by atoms with E-state index in [1.807, 2.05) is 26.0 Å². The first-order valence-corrected chi connectivity index (χ1v) is 5.86. The summed E-state index contributed by atoms with van der Waals surface area (Å²) in [6.45, 7) is 4.43. The fourth-order valence-electron chi connectivity index (χ4n) is 1.94. The van der Waals surface area contributed by atoms with Crippen LogP contribution in [-0.4, -0.2) is 6.54 Å². The van der Waals surface area contributed by atoms with Crippen molar-refractivity contribution in [1.82, 2.24) is 5.32 Å². The van der Waals surface area contributed by atoms with E-state index in [-0.39, 0.29) is 6.04 Å². The maximum atomic E-state index is 13.3. The third-order valence-electron chi connectivity index (χ3n) is 2.67. The zero-order valence-electron chi connectivity index (χ0n) is 10.3. The van der Waals surface area contributed by atoms with Gasteiger partial charge in [-0.25, -0.2) is 8.78 Å². The van der Waals surface area contributed by atoms with Crippen LogP contribution in [0.25, 0.3) is 0 Å². The van der Waals surface area contributed by atoms with Gasteiger partial charge in [0.1, 0.15) is 23.2 Å². The molecule has 0 aliphatic heterocycles. The molecular formula is C14H15F2NO. The summed E-state index contributed by atoms with van der Waals surface area (Å²) in [6, 6.07) is 6.79. The Labute approximate surface area is 105 Å². The van der Waals surface area contributed by atoms with E-state index in [1.165, 1.54) is 12.1 Å². The molecule has 2 rings (SSSR count). The average Bonchev–Trinajstić information content (AvgIpc) is 2.71. The van der Waals surface area contributed by atoms with Gasteiger partial charge in [-0.3, -0.25) is 0 Å². The Balaban J connectivity index is 2.40. The van der Waals surface area contributed by atoms with E-state index >= 15 is 0 Å². The summed E-state index contributed by atoms with van der Waals surface area (Å²) in [6.07, 6.45) is 0. The number of hydrogen-bond donors (Lipinski definition) is 1. The molecule has 0 saturated heterocycles. The molecule has 0 aliphatic carbocycles. The molecule has 4 heteroatoms. The predicted molar refractivity (Wildman–Crippen MR) is 65.3 cm³/mol. The standard InChI is InChI=1S/C14H15F2NO/c1-3-17-14(13-5-4-9(2)18-13)10-6-11(15)8-12(16)7-10/h4-8,14,17H,3H2,1-2H3. The van der Waals surface area contributed by atoms with Crippen molar-refractivity contribution < 1.29 is 13.2 Å². The summed E-state index contributed by atoms with van der Waals surface area (Å²) in [5.41, 5.74) is 0.517. The van der Waals surface area contributed by atoms with Crippen molar-refractivity contribution in [3.63, 3.8) is 0 Å². The fraction of sp³-hybridized carbons (Fsp3) is 0.286. The van der Waals surface area contributed by atoms with E-state index < -0.39 is 11.6 Å². The first-order chi connectivity index (χ1) is 8.60. The second kappa shape index (κ2) is 5.31. The summed E-state index contributed by atoms with van der Waals surface area (Å²) >= 11 is 0. The molecule has 0 spiro atoms. The Morgan fingerprint density at radius 2 is 1.83 bits per heavy atom. The van der Waals surface area contributed by atoms with E-state index in [4.69, 9.17) is 4.42 Å². The lowest BCUT2D eigenvalue weighted by Crippen LogP contribution is -2.21. The monoisotopic (exact) mass is 251 g/mol. The normalized spacial score (nSPS) is 12.7. The lowest BCUT2D eigenvalue weighted by Gasteiger charge is -2.16. The largest absolute Gasteiger partial charge is 0.464 e. The highest BCUT2D eigenvalue weighted by molar-refractivity contribution is 5.28. The molecule has 1 aromatic heterocycles. The molecule has 1 heterocycles. The molecule has 0 radical (unpaired) electrons. The van der Waals surface area contributed by atoms with E-state index in [9.17, 15) is 8.78 Å². The van der Waals surface area contributed by atoms with Crippen LogP contribution in [0.2, 0.25) is 0 Å². The Hall–Kier alpha value is -1.68. The topological polar surface area (TPSA) is 25.2 Å². The van der Waals surface area contributed by atoms with Crippen molar-refractivity contribution in [2.75, 3.05) is 6.54 Å². The minimum absolute atomic E-state index is 0.339. The van der Waals surface area contributed by atoms with Gasteiger partial charge in [0.15, 0.2) is 0 Å². The summed E-state index contributed by atoms with van der Waals surface area (Å²) in [7, 11) is 0. The SMILES string of the molecule is CCNC(c1cc(F)cc(F)c1)c1ccc(C)o1. The van der Waals surface area contributed by atoms with E-state index in [0.29, 0.717) is 17.9 Å². The molecule has 0 saturated carbocycles. The van der Waals surface area contributed by atoms with E-state index in [2.05, 4.69) is 5.32 Å². The Kier molecular flexibility index (Phi) is 3.77. The zero-order chi connectivity index (χ0) is 13.1. The highest BCUT2D eigenvalue weighted by atomic mass is 19.1. The number of furan rings is 1. The number of benzene rings is 1. The van der Waals surface area contributed by atoms with Crippen molar-refractivity contribution in [2.24, 2.45) is 0 Å². The molecule has 18 heavy (non-hydrogen) atoms. The minimum Gasteiger partial charge on any atom is -0.464 e. The summed E-state index contributed by atoms with van der Waals surface area (Å²) in [5, 5.41) is 3.16. The average molecular weight is 251 g/mol. The minimum atomic E-state index is -0.587. The molecule has 0 amide bonds.